The summed E-state index contributed by atoms with van der Waals surface area (Å²) < 4.78 is 0. The van der Waals surface area contributed by atoms with Crippen molar-refractivity contribution in [1.29, 1.82) is 0 Å². The molecule has 3 heteroatoms. The average Bonchev–Trinajstić information content (AvgIpc) is 2.06. The van der Waals surface area contributed by atoms with Gasteiger partial charge in [-0.05, 0) is 26.4 Å². The number of nitrogens with one attached hydrogen (secondary N) is 2. The van der Waals surface area contributed by atoms with Gasteiger partial charge in [0.1, 0.15) is 0 Å². The molecule has 0 aliphatic rings. The summed E-state index contributed by atoms with van der Waals surface area (Å²) >= 11 is 0. The average molecular weight is 174 g/mol. The van der Waals surface area contributed by atoms with Crippen LogP contribution < -0.4 is 10.6 Å². The third kappa shape index (κ3) is 4.70. The first-order valence-corrected chi connectivity index (χ1v) is 4.82. The van der Waals surface area contributed by atoms with Gasteiger partial charge in [0.2, 0.25) is 0 Å². The summed E-state index contributed by atoms with van der Waals surface area (Å²) in [5.74, 6) is 0. The first kappa shape index (κ1) is 11.9. The second-order valence-electron chi connectivity index (χ2n) is 3.09. The Bertz CT molecular complexity index is 98.5. The van der Waals surface area contributed by atoms with Gasteiger partial charge < -0.3 is 15.7 Å². The van der Waals surface area contributed by atoms with Crippen LogP contribution >= 0.6 is 0 Å². The van der Waals surface area contributed by atoms with Crippen LogP contribution in [0.5, 0.6) is 0 Å². The lowest BCUT2D eigenvalue weighted by Gasteiger charge is -2.22. The van der Waals surface area contributed by atoms with Crippen LogP contribution in [0, 0.1) is 0 Å². The van der Waals surface area contributed by atoms with Gasteiger partial charge in [-0.3, -0.25) is 0 Å². The second-order valence-corrected chi connectivity index (χ2v) is 3.09. The van der Waals surface area contributed by atoms with E-state index in [1.165, 1.54) is 0 Å². The molecule has 0 rings (SSSR count). The summed E-state index contributed by atoms with van der Waals surface area (Å²) in [7, 11) is 1.86. The summed E-state index contributed by atoms with van der Waals surface area (Å²) in [5, 5.41) is 15.9. The van der Waals surface area contributed by atoms with E-state index in [4.69, 9.17) is 0 Å². The van der Waals surface area contributed by atoms with Gasteiger partial charge in [0.25, 0.3) is 0 Å². The van der Waals surface area contributed by atoms with E-state index in [-0.39, 0.29) is 12.1 Å². The van der Waals surface area contributed by atoms with Crippen molar-refractivity contribution in [2.75, 3.05) is 20.1 Å². The van der Waals surface area contributed by atoms with E-state index < -0.39 is 0 Å². The van der Waals surface area contributed by atoms with Crippen LogP contribution in [0.15, 0.2) is 0 Å². The van der Waals surface area contributed by atoms with E-state index in [1.807, 2.05) is 7.05 Å². The fraction of sp³-hybridized carbons (Fsp3) is 1.00. The third-order valence-electron chi connectivity index (χ3n) is 1.97. The minimum Gasteiger partial charge on any atom is -0.390 e. The Morgan fingerprint density at radius 1 is 1.33 bits per heavy atom. The predicted molar refractivity (Wildman–Crippen MR) is 52.3 cm³/mol. The van der Waals surface area contributed by atoms with Gasteiger partial charge in [-0.2, -0.15) is 0 Å². The van der Waals surface area contributed by atoms with Crippen molar-refractivity contribution < 1.29 is 5.11 Å². The lowest BCUT2D eigenvalue weighted by Crippen LogP contribution is -2.44. The van der Waals surface area contributed by atoms with Crippen molar-refractivity contribution in [2.45, 2.75) is 38.8 Å². The van der Waals surface area contributed by atoms with E-state index in [2.05, 4.69) is 24.5 Å². The van der Waals surface area contributed by atoms with Crippen molar-refractivity contribution in [3.05, 3.63) is 0 Å². The molecule has 0 saturated heterocycles. The smallest absolute Gasteiger partial charge is 0.0817 e. The lowest BCUT2D eigenvalue weighted by atomic mass is 10.1. The van der Waals surface area contributed by atoms with E-state index >= 15 is 0 Å². The van der Waals surface area contributed by atoms with Crippen LogP contribution in [-0.2, 0) is 0 Å². The molecule has 0 spiro atoms. The molecule has 2 atom stereocenters. The Labute approximate surface area is 75.6 Å². The number of aliphatic hydroxyl groups is 1. The van der Waals surface area contributed by atoms with E-state index in [9.17, 15) is 5.11 Å². The van der Waals surface area contributed by atoms with Crippen molar-refractivity contribution in [1.82, 2.24) is 10.6 Å². The topological polar surface area (TPSA) is 44.3 Å². The highest BCUT2D eigenvalue weighted by Gasteiger charge is 2.14. The molecule has 74 valence electrons. The van der Waals surface area contributed by atoms with E-state index in [0.29, 0.717) is 6.54 Å². The third-order valence-corrected chi connectivity index (χ3v) is 1.97. The maximum atomic E-state index is 9.61. The molecule has 0 aromatic heterocycles. The zero-order valence-corrected chi connectivity index (χ0v) is 8.43. The molecule has 0 aliphatic carbocycles. The van der Waals surface area contributed by atoms with Crippen molar-refractivity contribution in [3.8, 4) is 0 Å². The minimum absolute atomic E-state index is 0.234. The quantitative estimate of drug-likeness (QED) is 0.521. The maximum Gasteiger partial charge on any atom is 0.0817 e. The molecule has 0 aromatic carbocycles. The fourth-order valence-corrected chi connectivity index (χ4v) is 1.23. The standard InChI is InChI=1S/C9H22N2O/c1-4-6-11-8(5-2)9(12)7-10-3/h8-12H,4-7H2,1-3H3. The summed E-state index contributed by atoms with van der Waals surface area (Å²) in [6.07, 6.45) is 1.82. The molecule has 12 heavy (non-hydrogen) atoms. The fourth-order valence-electron chi connectivity index (χ4n) is 1.23. The first-order chi connectivity index (χ1) is 5.76. The molecule has 0 heterocycles. The minimum atomic E-state index is -0.272. The van der Waals surface area contributed by atoms with Gasteiger partial charge in [-0.1, -0.05) is 13.8 Å². The SMILES string of the molecule is CCCNC(CC)C(O)CNC. The Balaban J connectivity index is 3.62. The molecule has 0 bridgehead atoms. The Morgan fingerprint density at radius 3 is 2.42 bits per heavy atom. The van der Waals surface area contributed by atoms with Crippen molar-refractivity contribution in [3.63, 3.8) is 0 Å². The first-order valence-electron chi connectivity index (χ1n) is 4.82. The highest BCUT2D eigenvalue weighted by atomic mass is 16.3. The van der Waals surface area contributed by atoms with Gasteiger partial charge in [0.15, 0.2) is 0 Å². The Hall–Kier alpha value is -0.120. The van der Waals surface area contributed by atoms with Crippen LogP contribution in [0.25, 0.3) is 0 Å². The normalized spacial score (nSPS) is 16.0. The molecule has 0 fully saturated rings. The van der Waals surface area contributed by atoms with Crippen LogP contribution in [0.1, 0.15) is 26.7 Å². The number of likely N-dealkylation sites (N-methyl/N-ethyl adjacent to an activating group) is 1. The zero-order chi connectivity index (χ0) is 9.40. The van der Waals surface area contributed by atoms with Crippen LogP contribution in [0.2, 0.25) is 0 Å². The van der Waals surface area contributed by atoms with Crippen LogP contribution in [0.3, 0.4) is 0 Å². The zero-order valence-electron chi connectivity index (χ0n) is 8.43. The van der Waals surface area contributed by atoms with E-state index in [0.717, 1.165) is 19.4 Å². The van der Waals surface area contributed by atoms with Crippen molar-refractivity contribution >= 4 is 0 Å². The molecular weight excluding hydrogens is 152 g/mol. The van der Waals surface area contributed by atoms with Gasteiger partial charge in [-0.15, -0.1) is 0 Å². The molecule has 0 radical (unpaired) electrons. The van der Waals surface area contributed by atoms with E-state index in [1.54, 1.807) is 0 Å². The molecule has 2 unspecified atom stereocenters. The van der Waals surface area contributed by atoms with Crippen molar-refractivity contribution in [2.24, 2.45) is 0 Å². The molecule has 0 aromatic rings. The molecule has 3 N–H and O–H groups in total. The number of rotatable bonds is 7. The number of hydrogen-bond donors (Lipinski definition) is 3. The summed E-state index contributed by atoms with van der Waals surface area (Å²) in [4.78, 5) is 0. The van der Waals surface area contributed by atoms with Gasteiger partial charge >= 0.3 is 0 Å². The Kier molecular flexibility index (Phi) is 7.45. The van der Waals surface area contributed by atoms with Gasteiger partial charge in [0.05, 0.1) is 6.10 Å². The highest BCUT2D eigenvalue weighted by molar-refractivity contribution is 4.75. The van der Waals surface area contributed by atoms with Crippen LogP contribution in [-0.4, -0.2) is 37.4 Å². The molecule has 0 amide bonds. The largest absolute Gasteiger partial charge is 0.390 e. The van der Waals surface area contributed by atoms with Crippen LogP contribution in [0.4, 0.5) is 0 Å². The van der Waals surface area contributed by atoms with Gasteiger partial charge in [0, 0.05) is 12.6 Å². The predicted octanol–water partition coefficient (Wildman–Crippen LogP) is 0.345. The number of aliphatic hydroxyl groups excluding tert-OH is 1. The molecular formula is C9H22N2O. The lowest BCUT2D eigenvalue weighted by molar-refractivity contribution is 0.125. The van der Waals surface area contributed by atoms with Gasteiger partial charge in [-0.25, -0.2) is 0 Å². The number of hydrogen-bond acceptors (Lipinski definition) is 3. The molecule has 3 nitrogen and oxygen atoms in total. The maximum absolute atomic E-state index is 9.61. The monoisotopic (exact) mass is 174 g/mol. The summed E-state index contributed by atoms with van der Waals surface area (Å²) in [6, 6.07) is 0.234. The Morgan fingerprint density at radius 2 is 2.00 bits per heavy atom. The summed E-state index contributed by atoms with van der Waals surface area (Å²) in [5.41, 5.74) is 0. The second kappa shape index (κ2) is 7.53. The molecule has 0 saturated carbocycles. The summed E-state index contributed by atoms with van der Waals surface area (Å²) in [6.45, 7) is 5.87. The highest BCUT2D eigenvalue weighted by Crippen LogP contribution is 1.97. The molecule has 0 aliphatic heterocycles.